The van der Waals surface area contributed by atoms with Gasteiger partial charge in [-0.15, -0.1) is 0 Å². The second kappa shape index (κ2) is 4.88. The monoisotopic (exact) mass is 231 g/mol. The quantitative estimate of drug-likeness (QED) is 0.793. The van der Waals surface area contributed by atoms with Crippen molar-refractivity contribution in [3.63, 3.8) is 0 Å². The summed E-state index contributed by atoms with van der Waals surface area (Å²) in [6, 6.07) is 0. The number of carboxylic acid groups (broad SMARTS) is 1. The number of hydrogen-bond acceptors (Lipinski definition) is 3. The third kappa shape index (κ3) is 2.27. The van der Waals surface area contributed by atoms with Crippen LogP contribution in [0, 0.1) is 0 Å². The summed E-state index contributed by atoms with van der Waals surface area (Å²) in [7, 11) is 0. The van der Waals surface area contributed by atoms with Gasteiger partial charge in [-0.25, -0.2) is 4.79 Å². The highest BCUT2D eigenvalue weighted by Crippen LogP contribution is 2.32. The standard InChI is InChI=1S/C10H17NO3S/c1-3-11(8(2)12)10(9(13)14)5-4-6-15-7-10/h3-7H2,1-2H3,(H,13,14). The van der Waals surface area contributed by atoms with E-state index in [1.54, 1.807) is 11.8 Å². The Morgan fingerprint density at radius 1 is 1.53 bits per heavy atom. The molecule has 1 unspecified atom stereocenters. The van der Waals surface area contributed by atoms with Gasteiger partial charge in [-0.2, -0.15) is 11.8 Å². The van der Waals surface area contributed by atoms with Crippen LogP contribution in [0.4, 0.5) is 0 Å². The van der Waals surface area contributed by atoms with E-state index in [0.29, 0.717) is 18.7 Å². The molecule has 0 bridgehead atoms. The van der Waals surface area contributed by atoms with Crippen molar-refractivity contribution in [1.82, 2.24) is 4.90 Å². The molecule has 0 saturated carbocycles. The molecule has 1 aliphatic rings. The number of carboxylic acids is 1. The molecule has 1 rings (SSSR count). The molecule has 0 spiro atoms. The average Bonchev–Trinajstić information content (AvgIpc) is 2.19. The molecule has 1 saturated heterocycles. The Labute approximate surface area is 94.0 Å². The molecule has 0 aromatic rings. The second-order valence-electron chi connectivity index (χ2n) is 3.76. The molecule has 0 aromatic carbocycles. The van der Waals surface area contributed by atoms with Crippen LogP contribution in [0.1, 0.15) is 26.7 Å². The van der Waals surface area contributed by atoms with E-state index in [1.165, 1.54) is 11.8 Å². The molecule has 0 radical (unpaired) electrons. The summed E-state index contributed by atoms with van der Waals surface area (Å²) in [6.45, 7) is 3.72. The highest BCUT2D eigenvalue weighted by atomic mass is 32.2. The van der Waals surface area contributed by atoms with Crippen LogP contribution in [0.2, 0.25) is 0 Å². The molecular formula is C10H17NO3S. The molecule has 4 nitrogen and oxygen atoms in total. The maximum atomic E-state index is 11.4. The van der Waals surface area contributed by atoms with Crippen molar-refractivity contribution in [2.45, 2.75) is 32.2 Å². The van der Waals surface area contributed by atoms with E-state index < -0.39 is 11.5 Å². The van der Waals surface area contributed by atoms with Crippen molar-refractivity contribution in [3.05, 3.63) is 0 Å². The second-order valence-corrected chi connectivity index (χ2v) is 4.86. The van der Waals surface area contributed by atoms with Crippen LogP contribution >= 0.6 is 11.8 Å². The zero-order valence-electron chi connectivity index (χ0n) is 9.15. The molecule has 0 aromatic heterocycles. The maximum Gasteiger partial charge on any atom is 0.330 e. The van der Waals surface area contributed by atoms with E-state index in [9.17, 15) is 14.7 Å². The predicted octanol–water partition coefficient (Wildman–Crippen LogP) is 1.21. The summed E-state index contributed by atoms with van der Waals surface area (Å²) < 4.78 is 0. The highest BCUT2D eigenvalue weighted by molar-refractivity contribution is 7.99. The zero-order chi connectivity index (χ0) is 11.5. The van der Waals surface area contributed by atoms with Crippen LogP contribution in [0.3, 0.4) is 0 Å². The predicted molar refractivity (Wildman–Crippen MR) is 60.0 cm³/mol. The van der Waals surface area contributed by atoms with Crippen molar-refractivity contribution >= 4 is 23.6 Å². The Morgan fingerprint density at radius 2 is 2.20 bits per heavy atom. The smallest absolute Gasteiger partial charge is 0.330 e. The number of likely N-dealkylation sites (N-methyl/N-ethyl adjacent to an activating group) is 1. The number of carbonyl (C=O) groups is 2. The van der Waals surface area contributed by atoms with Gasteiger partial charge in [-0.1, -0.05) is 0 Å². The van der Waals surface area contributed by atoms with E-state index in [2.05, 4.69) is 0 Å². The van der Waals surface area contributed by atoms with Gasteiger partial charge in [0.25, 0.3) is 0 Å². The minimum Gasteiger partial charge on any atom is -0.479 e. The molecule has 1 amide bonds. The van der Waals surface area contributed by atoms with Gasteiger partial charge < -0.3 is 10.0 Å². The van der Waals surface area contributed by atoms with Crippen molar-refractivity contribution in [1.29, 1.82) is 0 Å². The third-order valence-corrected chi connectivity index (χ3v) is 4.09. The molecular weight excluding hydrogens is 214 g/mol. The van der Waals surface area contributed by atoms with Crippen molar-refractivity contribution < 1.29 is 14.7 Å². The lowest BCUT2D eigenvalue weighted by atomic mass is 9.93. The summed E-state index contributed by atoms with van der Waals surface area (Å²) in [4.78, 5) is 24.3. The summed E-state index contributed by atoms with van der Waals surface area (Å²) in [5.41, 5.74) is -0.969. The summed E-state index contributed by atoms with van der Waals surface area (Å²) in [6.07, 6.45) is 1.43. The number of nitrogens with zero attached hydrogens (tertiary/aromatic N) is 1. The van der Waals surface area contributed by atoms with E-state index >= 15 is 0 Å². The Morgan fingerprint density at radius 3 is 2.53 bits per heavy atom. The minimum absolute atomic E-state index is 0.151. The normalized spacial score (nSPS) is 26.0. The van der Waals surface area contributed by atoms with Crippen LogP contribution in [-0.2, 0) is 9.59 Å². The van der Waals surface area contributed by atoms with Crippen LogP contribution in [0.25, 0.3) is 0 Å². The number of thioether (sulfide) groups is 1. The van der Waals surface area contributed by atoms with Gasteiger partial charge in [0.1, 0.15) is 5.54 Å². The maximum absolute atomic E-state index is 11.4. The van der Waals surface area contributed by atoms with Gasteiger partial charge >= 0.3 is 5.97 Å². The third-order valence-electron chi connectivity index (χ3n) is 2.83. The lowest BCUT2D eigenvalue weighted by Crippen LogP contribution is -2.59. The highest BCUT2D eigenvalue weighted by Gasteiger charge is 2.46. The fourth-order valence-electron chi connectivity index (χ4n) is 2.10. The number of rotatable bonds is 3. The van der Waals surface area contributed by atoms with Crippen molar-refractivity contribution in [2.24, 2.45) is 0 Å². The SMILES string of the molecule is CCN(C(C)=O)C1(C(=O)O)CCCSC1. The van der Waals surface area contributed by atoms with Gasteiger partial charge in [-0.05, 0) is 25.5 Å². The molecule has 1 N–H and O–H groups in total. The fraction of sp³-hybridized carbons (Fsp3) is 0.800. The fourth-order valence-corrected chi connectivity index (χ4v) is 3.36. The summed E-state index contributed by atoms with van der Waals surface area (Å²) in [5, 5.41) is 9.33. The Bertz CT molecular complexity index is 261. The summed E-state index contributed by atoms with van der Waals surface area (Å²) >= 11 is 1.62. The van der Waals surface area contributed by atoms with Crippen LogP contribution in [-0.4, -0.2) is 45.5 Å². The first-order chi connectivity index (χ1) is 7.04. The van der Waals surface area contributed by atoms with Crippen LogP contribution < -0.4 is 0 Å². The van der Waals surface area contributed by atoms with Gasteiger partial charge in [0.2, 0.25) is 5.91 Å². The number of hydrogen-bond donors (Lipinski definition) is 1. The zero-order valence-corrected chi connectivity index (χ0v) is 9.97. The lowest BCUT2D eigenvalue weighted by molar-refractivity contribution is -0.157. The molecule has 1 heterocycles. The first-order valence-corrected chi connectivity index (χ1v) is 6.29. The van der Waals surface area contributed by atoms with Crippen molar-refractivity contribution in [2.75, 3.05) is 18.1 Å². The first-order valence-electron chi connectivity index (χ1n) is 5.14. The molecule has 0 aliphatic carbocycles. The molecule has 1 aliphatic heterocycles. The molecule has 1 atom stereocenters. The molecule has 1 fully saturated rings. The van der Waals surface area contributed by atoms with Crippen molar-refractivity contribution in [3.8, 4) is 0 Å². The minimum atomic E-state index is -0.969. The largest absolute Gasteiger partial charge is 0.479 e. The average molecular weight is 231 g/mol. The Kier molecular flexibility index (Phi) is 4.02. The number of amides is 1. The van der Waals surface area contributed by atoms with Gasteiger partial charge in [-0.3, -0.25) is 4.79 Å². The van der Waals surface area contributed by atoms with E-state index in [-0.39, 0.29) is 5.91 Å². The van der Waals surface area contributed by atoms with Gasteiger partial charge in [0, 0.05) is 19.2 Å². The van der Waals surface area contributed by atoms with E-state index in [4.69, 9.17) is 0 Å². The topological polar surface area (TPSA) is 57.6 Å². The first kappa shape index (κ1) is 12.4. The molecule has 86 valence electrons. The van der Waals surface area contributed by atoms with E-state index in [1.807, 2.05) is 6.92 Å². The number of aliphatic carboxylic acids is 1. The molecule has 15 heavy (non-hydrogen) atoms. The molecule has 5 heteroatoms. The summed E-state index contributed by atoms with van der Waals surface area (Å²) in [5.74, 6) is 0.481. The Balaban J connectivity index is 2.97. The lowest BCUT2D eigenvalue weighted by Gasteiger charge is -2.41. The Hall–Kier alpha value is -0.710. The van der Waals surface area contributed by atoms with Crippen LogP contribution in [0.15, 0.2) is 0 Å². The van der Waals surface area contributed by atoms with Crippen LogP contribution in [0.5, 0.6) is 0 Å². The van der Waals surface area contributed by atoms with Gasteiger partial charge in [0.15, 0.2) is 0 Å². The van der Waals surface area contributed by atoms with E-state index in [0.717, 1.165) is 12.2 Å². The van der Waals surface area contributed by atoms with Gasteiger partial charge in [0.05, 0.1) is 0 Å². The number of carbonyl (C=O) groups excluding carboxylic acids is 1.